The Bertz CT molecular complexity index is 917. The highest BCUT2D eigenvalue weighted by atomic mass is 16.3. The first kappa shape index (κ1) is 20.0. The molecule has 5 rings (SSSR count). The second kappa shape index (κ2) is 7.97. The standard InChI is InChI=1S/C24H33N3O3/c1-2-25-23(29)22-19(14-28)18-13-26-20(21(18)27(22)12-15-8-9-15)11-10-17(24(26)30)16-6-4-3-5-7-16/h6,10-11,15,18-19,21-22,28H,2-5,7-9,12-14H2,1H3,(H,25,29)/t18-,19-,21+,22-/m0/s1. The first-order valence-corrected chi connectivity index (χ1v) is 11.7. The third-order valence-corrected chi connectivity index (χ3v) is 7.61. The smallest absolute Gasteiger partial charge is 0.258 e. The zero-order valence-corrected chi connectivity index (χ0v) is 17.8. The molecule has 1 aromatic heterocycles. The van der Waals surface area contributed by atoms with Crippen molar-refractivity contribution in [2.75, 3.05) is 19.7 Å². The highest BCUT2D eigenvalue weighted by Crippen LogP contribution is 2.50. The zero-order valence-electron chi connectivity index (χ0n) is 17.8. The lowest BCUT2D eigenvalue weighted by Gasteiger charge is -2.30. The topological polar surface area (TPSA) is 74.6 Å². The Kier molecular flexibility index (Phi) is 5.31. The van der Waals surface area contributed by atoms with Gasteiger partial charge in [0, 0.05) is 49.3 Å². The van der Waals surface area contributed by atoms with E-state index in [0.29, 0.717) is 19.0 Å². The van der Waals surface area contributed by atoms with E-state index in [1.54, 1.807) is 0 Å². The number of likely N-dealkylation sites (tertiary alicyclic amines) is 1. The van der Waals surface area contributed by atoms with E-state index in [1.165, 1.54) is 24.8 Å². The Labute approximate surface area is 178 Å². The number of carbonyl (C=O) groups is 1. The summed E-state index contributed by atoms with van der Waals surface area (Å²) in [6.07, 6.45) is 9.03. The van der Waals surface area contributed by atoms with E-state index in [2.05, 4.69) is 22.4 Å². The number of amides is 1. The SMILES string of the molecule is CCNC(=O)[C@@H]1[C@@H](CO)[C@@H]2Cn3c(ccc(C4=CCCCC4)c3=O)[C@@H]2N1CC1CC1. The van der Waals surface area contributed by atoms with Crippen LogP contribution in [-0.2, 0) is 11.3 Å². The summed E-state index contributed by atoms with van der Waals surface area (Å²) in [5, 5.41) is 13.3. The van der Waals surface area contributed by atoms with Crippen LogP contribution in [0, 0.1) is 17.8 Å². The highest BCUT2D eigenvalue weighted by Gasteiger charge is 2.56. The summed E-state index contributed by atoms with van der Waals surface area (Å²) in [4.78, 5) is 28.7. The third kappa shape index (κ3) is 3.25. The molecule has 30 heavy (non-hydrogen) atoms. The summed E-state index contributed by atoms with van der Waals surface area (Å²) in [6, 6.07) is 3.86. The van der Waals surface area contributed by atoms with Crippen LogP contribution in [0.15, 0.2) is 23.0 Å². The van der Waals surface area contributed by atoms with Crippen molar-refractivity contribution in [2.24, 2.45) is 17.8 Å². The number of allylic oxidation sites excluding steroid dienone is 2. The van der Waals surface area contributed by atoms with Gasteiger partial charge >= 0.3 is 0 Å². The number of hydrogen-bond acceptors (Lipinski definition) is 4. The van der Waals surface area contributed by atoms with Crippen LogP contribution in [0.25, 0.3) is 5.57 Å². The zero-order chi connectivity index (χ0) is 20.8. The molecule has 0 unspecified atom stereocenters. The molecule has 2 fully saturated rings. The number of pyridine rings is 1. The van der Waals surface area contributed by atoms with E-state index < -0.39 is 0 Å². The van der Waals surface area contributed by atoms with Gasteiger partial charge in [0.1, 0.15) is 0 Å². The van der Waals surface area contributed by atoms with Gasteiger partial charge in [0.25, 0.3) is 5.56 Å². The Hall–Kier alpha value is -1.92. The number of rotatable bonds is 6. The number of fused-ring (bicyclic) bond motifs is 3. The first-order valence-electron chi connectivity index (χ1n) is 11.7. The molecule has 1 amide bonds. The molecule has 1 saturated carbocycles. The summed E-state index contributed by atoms with van der Waals surface area (Å²) < 4.78 is 1.94. The van der Waals surface area contributed by atoms with E-state index >= 15 is 0 Å². The number of nitrogens with zero attached hydrogens (tertiary/aromatic N) is 2. The molecule has 2 aliphatic carbocycles. The van der Waals surface area contributed by atoms with Gasteiger partial charge in [-0.2, -0.15) is 0 Å². The molecule has 162 valence electrons. The fraction of sp³-hybridized carbons (Fsp3) is 0.667. The van der Waals surface area contributed by atoms with Crippen LogP contribution in [0.4, 0.5) is 0 Å². The van der Waals surface area contributed by atoms with Crippen LogP contribution in [-0.4, -0.2) is 46.2 Å². The van der Waals surface area contributed by atoms with Crippen molar-refractivity contribution in [2.45, 2.75) is 64.1 Å². The molecule has 0 radical (unpaired) electrons. The highest BCUT2D eigenvalue weighted by molar-refractivity contribution is 5.82. The molecule has 0 spiro atoms. The maximum atomic E-state index is 13.4. The molecule has 3 heterocycles. The van der Waals surface area contributed by atoms with Crippen molar-refractivity contribution in [3.05, 3.63) is 39.8 Å². The summed E-state index contributed by atoms with van der Waals surface area (Å²) in [5.74, 6) is 0.610. The molecule has 0 aromatic carbocycles. The van der Waals surface area contributed by atoms with Crippen LogP contribution >= 0.6 is 0 Å². The Morgan fingerprint density at radius 3 is 2.77 bits per heavy atom. The van der Waals surface area contributed by atoms with Gasteiger partial charge in [-0.15, -0.1) is 0 Å². The van der Waals surface area contributed by atoms with Gasteiger partial charge in [0.05, 0.1) is 12.1 Å². The summed E-state index contributed by atoms with van der Waals surface area (Å²) in [5.41, 5.74) is 3.16. The third-order valence-electron chi connectivity index (χ3n) is 7.61. The van der Waals surface area contributed by atoms with Crippen LogP contribution in [0.5, 0.6) is 0 Å². The Morgan fingerprint density at radius 2 is 2.10 bits per heavy atom. The second-order valence-electron chi connectivity index (χ2n) is 9.50. The Balaban J connectivity index is 1.53. The molecule has 4 atom stereocenters. The fourth-order valence-corrected chi connectivity index (χ4v) is 6.02. The number of hydrogen-bond donors (Lipinski definition) is 2. The number of aliphatic hydroxyl groups excluding tert-OH is 1. The molecule has 4 aliphatic rings. The van der Waals surface area contributed by atoms with E-state index in [0.717, 1.165) is 37.1 Å². The maximum absolute atomic E-state index is 13.4. The first-order chi connectivity index (χ1) is 14.6. The van der Waals surface area contributed by atoms with E-state index in [9.17, 15) is 14.7 Å². The van der Waals surface area contributed by atoms with Crippen LogP contribution < -0.4 is 10.9 Å². The number of likely N-dealkylation sites (N-methyl/N-ethyl adjacent to an activating group) is 1. The summed E-state index contributed by atoms with van der Waals surface area (Å²) in [7, 11) is 0. The number of aromatic nitrogens is 1. The van der Waals surface area contributed by atoms with Crippen molar-refractivity contribution in [1.82, 2.24) is 14.8 Å². The summed E-state index contributed by atoms with van der Waals surface area (Å²) >= 11 is 0. The van der Waals surface area contributed by atoms with Gasteiger partial charge in [-0.25, -0.2) is 0 Å². The van der Waals surface area contributed by atoms with Gasteiger partial charge < -0.3 is 15.0 Å². The largest absolute Gasteiger partial charge is 0.396 e. The number of aliphatic hydroxyl groups is 1. The van der Waals surface area contributed by atoms with Crippen molar-refractivity contribution in [1.29, 1.82) is 0 Å². The lowest BCUT2D eigenvalue weighted by atomic mass is 9.88. The van der Waals surface area contributed by atoms with Gasteiger partial charge in [-0.3, -0.25) is 14.5 Å². The van der Waals surface area contributed by atoms with Crippen LogP contribution in [0.1, 0.15) is 62.7 Å². The predicted octanol–water partition coefficient (Wildman–Crippen LogP) is 2.32. The molecular formula is C24H33N3O3. The van der Waals surface area contributed by atoms with Crippen molar-refractivity contribution in [3.8, 4) is 0 Å². The molecule has 2 aliphatic heterocycles. The van der Waals surface area contributed by atoms with Gasteiger partial charge in [0.2, 0.25) is 5.91 Å². The lowest BCUT2D eigenvalue weighted by Crippen LogP contribution is -2.48. The van der Waals surface area contributed by atoms with E-state index in [-0.39, 0.29) is 42.0 Å². The van der Waals surface area contributed by atoms with Gasteiger partial charge in [-0.05, 0) is 69.1 Å². The quantitative estimate of drug-likeness (QED) is 0.753. The van der Waals surface area contributed by atoms with Gasteiger partial charge in [0.15, 0.2) is 0 Å². The van der Waals surface area contributed by atoms with Crippen LogP contribution in [0.3, 0.4) is 0 Å². The average molecular weight is 412 g/mol. The predicted molar refractivity (Wildman–Crippen MR) is 116 cm³/mol. The Morgan fingerprint density at radius 1 is 1.27 bits per heavy atom. The minimum Gasteiger partial charge on any atom is -0.396 e. The molecule has 1 saturated heterocycles. The number of carbonyl (C=O) groups excluding carboxylic acids is 1. The molecule has 2 N–H and O–H groups in total. The van der Waals surface area contributed by atoms with E-state index in [1.807, 2.05) is 17.6 Å². The number of nitrogens with one attached hydrogen (secondary N) is 1. The fourth-order valence-electron chi connectivity index (χ4n) is 6.02. The van der Waals surface area contributed by atoms with Gasteiger partial charge in [-0.1, -0.05) is 6.08 Å². The normalized spacial score (nSPS) is 30.7. The minimum absolute atomic E-state index is 0.0180. The van der Waals surface area contributed by atoms with E-state index in [4.69, 9.17) is 0 Å². The molecular weight excluding hydrogens is 378 g/mol. The molecule has 1 aromatic rings. The van der Waals surface area contributed by atoms with Crippen molar-refractivity contribution < 1.29 is 9.90 Å². The summed E-state index contributed by atoms with van der Waals surface area (Å²) in [6.45, 7) is 3.98. The van der Waals surface area contributed by atoms with Crippen molar-refractivity contribution >= 4 is 11.5 Å². The second-order valence-corrected chi connectivity index (χ2v) is 9.50. The minimum atomic E-state index is -0.310. The maximum Gasteiger partial charge on any atom is 0.258 e. The molecule has 0 bridgehead atoms. The lowest BCUT2D eigenvalue weighted by molar-refractivity contribution is -0.127. The molecule has 6 heteroatoms. The average Bonchev–Trinajstić information content (AvgIpc) is 3.41. The molecule has 6 nitrogen and oxygen atoms in total. The van der Waals surface area contributed by atoms with Crippen molar-refractivity contribution in [3.63, 3.8) is 0 Å². The monoisotopic (exact) mass is 411 g/mol. The van der Waals surface area contributed by atoms with Crippen LogP contribution in [0.2, 0.25) is 0 Å².